The number of hydrogen-bond acceptors (Lipinski definition) is 2. The first-order valence-electron chi connectivity index (χ1n) is 7.75. The Hall–Kier alpha value is -1.35. The lowest BCUT2D eigenvalue weighted by molar-refractivity contribution is 0.116. The monoisotopic (exact) mass is 315 g/mol. The summed E-state index contributed by atoms with van der Waals surface area (Å²) in [6, 6.07) is 21.4. The van der Waals surface area contributed by atoms with Gasteiger partial charge >= 0.3 is 0 Å². The van der Waals surface area contributed by atoms with Crippen LogP contribution < -0.4 is 0 Å². The van der Waals surface area contributed by atoms with Crippen LogP contribution in [-0.2, 0) is 17.8 Å². The summed E-state index contributed by atoms with van der Waals surface area (Å²) < 4.78 is 5.69. The van der Waals surface area contributed by atoms with Gasteiger partial charge in [-0.2, -0.15) is 0 Å². The normalized spacial score (nSPS) is 21.8. The Labute approximate surface area is 137 Å². The van der Waals surface area contributed by atoms with Crippen LogP contribution in [0.5, 0.6) is 0 Å². The van der Waals surface area contributed by atoms with Crippen LogP contribution in [0.25, 0.3) is 0 Å². The average Bonchev–Trinajstić information content (AvgIpc) is 3.37. The fraction of sp³-hybridized carbons (Fsp3) is 0.368. The highest BCUT2D eigenvalue weighted by molar-refractivity contribution is 6.18. The van der Waals surface area contributed by atoms with Gasteiger partial charge in [-0.05, 0) is 18.1 Å². The molecule has 1 heterocycles. The molecule has 1 fully saturated rings. The van der Waals surface area contributed by atoms with Crippen molar-refractivity contribution >= 4 is 11.6 Å². The first kappa shape index (κ1) is 15.5. The number of hydrogen-bond donors (Lipinski definition) is 0. The topological polar surface area (TPSA) is 15.8 Å². The van der Waals surface area contributed by atoms with Gasteiger partial charge < -0.3 is 4.74 Å². The van der Waals surface area contributed by atoms with E-state index in [4.69, 9.17) is 16.3 Å². The Morgan fingerprint density at radius 2 is 1.45 bits per heavy atom. The summed E-state index contributed by atoms with van der Waals surface area (Å²) in [7, 11) is 0. The molecule has 0 unspecified atom stereocenters. The number of halogens is 1. The quantitative estimate of drug-likeness (QED) is 0.565. The summed E-state index contributed by atoms with van der Waals surface area (Å²) in [6.45, 7) is 4.79. The van der Waals surface area contributed by atoms with Crippen LogP contribution in [0.4, 0.5) is 0 Å². The molecule has 0 spiro atoms. The second kappa shape index (κ2) is 6.82. The van der Waals surface area contributed by atoms with Crippen molar-refractivity contribution in [2.24, 2.45) is 0 Å². The van der Waals surface area contributed by atoms with E-state index in [2.05, 4.69) is 72.5 Å². The standard InChI is InChI=1S/C19H22ClNO/c1-16(19(14-20)15-22-19)21(12-17-8-4-2-5-9-17)13-18-10-6-3-7-11-18/h2-11,16H,12-15H2,1H3/t16-,19+/m0/s1. The Kier molecular flexibility index (Phi) is 4.82. The fourth-order valence-corrected chi connectivity index (χ4v) is 3.20. The van der Waals surface area contributed by atoms with E-state index >= 15 is 0 Å². The molecule has 0 bridgehead atoms. The maximum atomic E-state index is 6.15. The molecule has 1 saturated heterocycles. The largest absolute Gasteiger partial charge is 0.367 e. The Balaban J connectivity index is 1.79. The summed E-state index contributed by atoms with van der Waals surface area (Å²) in [5, 5.41) is 0. The molecule has 2 atom stereocenters. The van der Waals surface area contributed by atoms with Crippen molar-refractivity contribution in [1.29, 1.82) is 0 Å². The van der Waals surface area contributed by atoms with Gasteiger partial charge in [-0.3, -0.25) is 4.90 Å². The molecular formula is C19H22ClNO. The zero-order chi connectivity index (χ0) is 15.4. The zero-order valence-corrected chi connectivity index (χ0v) is 13.7. The fourth-order valence-electron chi connectivity index (χ4n) is 2.82. The van der Waals surface area contributed by atoms with E-state index in [9.17, 15) is 0 Å². The van der Waals surface area contributed by atoms with Crippen molar-refractivity contribution < 1.29 is 4.74 Å². The second-order valence-corrected chi connectivity index (χ2v) is 6.31. The maximum Gasteiger partial charge on any atom is 0.120 e. The van der Waals surface area contributed by atoms with Gasteiger partial charge in [0.2, 0.25) is 0 Å². The molecule has 0 amide bonds. The molecule has 0 aliphatic carbocycles. The van der Waals surface area contributed by atoms with Crippen LogP contribution in [0.3, 0.4) is 0 Å². The molecule has 22 heavy (non-hydrogen) atoms. The first-order chi connectivity index (χ1) is 10.7. The third-order valence-electron chi connectivity index (χ3n) is 4.51. The number of epoxide rings is 1. The molecule has 0 saturated carbocycles. The van der Waals surface area contributed by atoms with E-state index in [0.29, 0.717) is 5.88 Å². The molecule has 0 radical (unpaired) electrons. The van der Waals surface area contributed by atoms with Gasteiger partial charge in [-0.15, -0.1) is 11.6 Å². The predicted molar refractivity (Wildman–Crippen MR) is 91.0 cm³/mol. The van der Waals surface area contributed by atoms with E-state index in [1.165, 1.54) is 11.1 Å². The highest BCUT2D eigenvalue weighted by atomic mass is 35.5. The summed E-state index contributed by atoms with van der Waals surface area (Å²) >= 11 is 6.15. The SMILES string of the molecule is C[C@H](N(Cc1ccccc1)Cc1ccccc1)[C@@]1(CCl)CO1. The van der Waals surface area contributed by atoms with E-state index in [0.717, 1.165) is 19.7 Å². The zero-order valence-electron chi connectivity index (χ0n) is 12.9. The Morgan fingerprint density at radius 1 is 1.00 bits per heavy atom. The van der Waals surface area contributed by atoms with Crippen LogP contribution in [-0.4, -0.2) is 29.0 Å². The van der Waals surface area contributed by atoms with Crippen molar-refractivity contribution in [2.45, 2.75) is 31.7 Å². The van der Waals surface area contributed by atoms with E-state index < -0.39 is 0 Å². The minimum atomic E-state index is -0.175. The van der Waals surface area contributed by atoms with Crippen LogP contribution in [0, 0.1) is 0 Å². The predicted octanol–water partition coefficient (Wildman–Crippen LogP) is 4.09. The van der Waals surface area contributed by atoms with E-state index in [1.54, 1.807) is 0 Å². The van der Waals surface area contributed by atoms with Gasteiger partial charge in [-0.25, -0.2) is 0 Å². The summed E-state index contributed by atoms with van der Waals surface area (Å²) in [4.78, 5) is 2.46. The Bertz CT molecular complexity index is 541. The van der Waals surface area contributed by atoms with E-state index in [1.807, 2.05) is 0 Å². The summed E-state index contributed by atoms with van der Waals surface area (Å²) in [5.74, 6) is 0.550. The Morgan fingerprint density at radius 3 is 1.82 bits per heavy atom. The molecule has 2 aromatic carbocycles. The number of rotatable bonds is 7. The van der Waals surface area contributed by atoms with Gasteiger partial charge in [0.1, 0.15) is 5.60 Å². The highest BCUT2D eigenvalue weighted by Gasteiger charge is 2.50. The molecule has 0 N–H and O–H groups in total. The van der Waals surface area contributed by atoms with Crippen molar-refractivity contribution in [3.63, 3.8) is 0 Å². The van der Waals surface area contributed by atoms with Crippen LogP contribution in [0.1, 0.15) is 18.1 Å². The summed E-state index contributed by atoms with van der Waals surface area (Å²) in [5.41, 5.74) is 2.46. The smallest absolute Gasteiger partial charge is 0.120 e. The van der Waals surface area contributed by atoms with Crippen LogP contribution in [0.15, 0.2) is 60.7 Å². The van der Waals surface area contributed by atoms with Gasteiger partial charge in [-0.1, -0.05) is 60.7 Å². The molecule has 1 aliphatic rings. The van der Waals surface area contributed by atoms with Crippen LogP contribution >= 0.6 is 11.6 Å². The third-order valence-corrected chi connectivity index (χ3v) is 4.96. The molecule has 2 aromatic rings. The molecule has 3 rings (SSSR count). The molecule has 2 nitrogen and oxygen atoms in total. The maximum absolute atomic E-state index is 6.15. The minimum absolute atomic E-state index is 0.175. The lowest BCUT2D eigenvalue weighted by atomic mass is 10.0. The lowest BCUT2D eigenvalue weighted by Gasteiger charge is -2.32. The minimum Gasteiger partial charge on any atom is -0.367 e. The number of benzene rings is 2. The average molecular weight is 316 g/mol. The highest BCUT2D eigenvalue weighted by Crippen LogP contribution is 2.36. The number of ether oxygens (including phenoxy) is 1. The lowest BCUT2D eigenvalue weighted by Crippen LogP contribution is -2.44. The van der Waals surface area contributed by atoms with Crippen LogP contribution in [0.2, 0.25) is 0 Å². The molecular weight excluding hydrogens is 294 g/mol. The van der Waals surface area contributed by atoms with Gasteiger partial charge in [0.25, 0.3) is 0 Å². The van der Waals surface area contributed by atoms with E-state index in [-0.39, 0.29) is 11.6 Å². The molecule has 1 aliphatic heterocycles. The second-order valence-electron chi connectivity index (χ2n) is 6.04. The summed E-state index contributed by atoms with van der Waals surface area (Å²) in [6.07, 6.45) is 0. The van der Waals surface area contributed by atoms with Crippen molar-refractivity contribution in [3.05, 3.63) is 71.8 Å². The molecule has 116 valence electrons. The number of alkyl halides is 1. The number of nitrogens with zero attached hydrogens (tertiary/aromatic N) is 1. The van der Waals surface area contributed by atoms with Gasteiger partial charge in [0.05, 0.1) is 12.5 Å². The van der Waals surface area contributed by atoms with Gasteiger partial charge in [0.15, 0.2) is 0 Å². The van der Waals surface area contributed by atoms with Crippen molar-refractivity contribution in [1.82, 2.24) is 4.90 Å². The van der Waals surface area contributed by atoms with Crippen molar-refractivity contribution in [2.75, 3.05) is 12.5 Å². The molecule has 3 heteroatoms. The molecule has 0 aromatic heterocycles. The van der Waals surface area contributed by atoms with Crippen molar-refractivity contribution in [3.8, 4) is 0 Å². The van der Waals surface area contributed by atoms with Gasteiger partial charge in [0, 0.05) is 19.1 Å². The third kappa shape index (κ3) is 3.52. The first-order valence-corrected chi connectivity index (χ1v) is 8.29.